The summed E-state index contributed by atoms with van der Waals surface area (Å²) in [5.74, 6) is -1.10. The van der Waals surface area contributed by atoms with Crippen molar-refractivity contribution in [2.75, 3.05) is 20.6 Å². The molecule has 24 heavy (non-hydrogen) atoms. The zero-order valence-electron chi connectivity index (χ0n) is 14.0. The molecule has 0 radical (unpaired) electrons. The van der Waals surface area contributed by atoms with Crippen LogP contribution in [0, 0.1) is 0 Å². The first kappa shape index (κ1) is 20.2. The van der Waals surface area contributed by atoms with Gasteiger partial charge in [-0.3, -0.25) is 14.4 Å². The average molecular weight is 399 g/mol. The predicted octanol–water partition coefficient (Wildman–Crippen LogP) is 2.51. The first-order valence-electron chi connectivity index (χ1n) is 7.73. The van der Waals surface area contributed by atoms with Gasteiger partial charge in [-0.05, 0) is 24.1 Å². The van der Waals surface area contributed by atoms with Crippen molar-refractivity contribution in [2.24, 2.45) is 0 Å². The summed E-state index contributed by atoms with van der Waals surface area (Å²) in [5, 5.41) is 8.87. The van der Waals surface area contributed by atoms with E-state index in [0.717, 1.165) is 10.0 Å². The van der Waals surface area contributed by atoms with Gasteiger partial charge in [0.05, 0.1) is 6.42 Å². The molecule has 0 saturated heterocycles. The van der Waals surface area contributed by atoms with E-state index in [1.165, 1.54) is 9.80 Å². The largest absolute Gasteiger partial charge is 0.481 e. The molecule has 1 aromatic rings. The van der Waals surface area contributed by atoms with Gasteiger partial charge in [0.15, 0.2) is 0 Å². The average Bonchev–Trinajstić information content (AvgIpc) is 2.50. The highest BCUT2D eigenvalue weighted by molar-refractivity contribution is 9.10. The van der Waals surface area contributed by atoms with Crippen LogP contribution in [0.5, 0.6) is 0 Å². The Balaban J connectivity index is 2.64. The molecule has 0 aliphatic rings. The molecule has 0 aliphatic heterocycles. The van der Waals surface area contributed by atoms with Gasteiger partial charge in [-0.15, -0.1) is 0 Å². The minimum absolute atomic E-state index is 0.0214. The van der Waals surface area contributed by atoms with E-state index in [1.54, 1.807) is 14.1 Å². The molecule has 6 nitrogen and oxygen atoms in total. The summed E-state index contributed by atoms with van der Waals surface area (Å²) in [5.41, 5.74) is 0.924. The Morgan fingerprint density at radius 2 is 1.75 bits per heavy atom. The third-order valence-corrected chi connectivity index (χ3v) is 3.98. The second-order valence-corrected chi connectivity index (χ2v) is 6.65. The SMILES string of the molecule is CN(C)C(=O)CCCC(=O)N(CCC(=O)O)Cc1cccc(Br)c1. The van der Waals surface area contributed by atoms with Gasteiger partial charge < -0.3 is 14.9 Å². The van der Waals surface area contributed by atoms with E-state index in [1.807, 2.05) is 24.3 Å². The number of benzene rings is 1. The summed E-state index contributed by atoms with van der Waals surface area (Å²) < 4.78 is 0.905. The molecule has 0 heterocycles. The highest BCUT2D eigenvalue weighted by Gasteiger charge is 2.16. The molecule has 0 aliphatic carbocycles. The highest BCUT2D eigenvalue weighted by Crippen LogP contribution is 2.15. The fraction of sp³-hybridized carbons (Fsp3) is 0.471. The molecule has 0 fully saturated rings. The van der Waals surface area contributed by atoms with Crippen molar-refractivity contribution < 1.29 is 19.5 Å². The van der Waals surface area contributed by atoms with Gasteiger partial charge in [0, 0.05) is 44.5 Å². The van der Waals surface area contributed by atoms with Crippen molar-refractivity contribution in [1.82, 2.24) is 9.80 Å². The normalized spacial score (nSPS) is 10.3. The van der Waals surface area contributed by atoms with Gasteiger partial charge >= 0.3 is 5.97 Å². The summed E-state index contributed by atoms with van der Waals surface area (Å²) in [6.45, 7) is 0.509. The second kappa shape index (κ2) is 10.1. The smallest absolute Gasteiger partial charge is 0.305 e. The minimum atomic E-state index is -0.940. The summed E-state index contributed by atoms with van der Waals surface area (Å²) in [7, 11) is 3.35. The standard InChI is InChI=1S/C17H23BrN2O4/c1-19(2)15(21)7-4-8-16(22)20(10-9-17(23)24)12-13-5-3-6-14(18)11-13/h3,5-6,11H,4,7-10,12H2,1-2H3,(H,23,24). The number of amides is 2. The number of hydrogen-bond acceptors (Lipinski definition) is 3. The topological polar surface area (TPSA) is 77.9 Å². The molecule has 1 N–H and O–H groups in total. The number of rotatable bonds is 9. The van der Waals surface area contributed by atoms with Crippen molar-refractivity contribution in [2.45, 2.75) is 32.2 Å². The molecule has 0 unspecified atom stereocenters. The number of halogens is 1. The van der Waals surface area contributed by atoms with Gasteiger partial charge in [0.25, 0.3) is 0 Å². The van der Waals surface area contributed by atoms with E-state index < -0.39 is 5.97 Å². The fourth-order valence-corrected chi connectivity index (χ4v) is 2.60. The van der Waals surface area contributed by atoms with Gasteiger partial charge in [0.2, 0.25) is 11.8 Å². The predicted molar refractivity (Wildman–Crippen MR) is 94.4 cm³/mol. The Morgan fingerprint density at radius 3 is 2.33 bits per heavy atom. The molecule has 0 aromatic heterocycles. The van der Waals surface area contributed by atoms with Gasteiger partial charge in [-0.1, -0.05) is 28.1 Å². The Morgan fingerprint density at radius 1 is 1.08 bits per heavy atom. The lowest BCUT2D eigenvalue weighted by Gasteiger charge is -2.22. The maximum Gasteiger partial charge on any atom is 0.305 e. The molecule has 0 atom stereocenters. The van der Waals surface area contributed by atoms with Crippen molar-refractivity contribution in [3.8, 4) is 0 Å². The first-order valence-corrected chi connectivity index (χ1v) is 8.53. The van der Waals surface area contributed by atoms with Crippen LogP contribution in [-0.2, 0) is 20.9 Å². The Bertz CT molecular complexity index is 590. The molecule has 132 valence electrons. The van der Waals surface area contributed by atoms with E-state index in [2.05, 4.69) is 15.9 Å². The number of carbonyl (C=O) groups excluding carboxylic acids is 2. The maximum absolute atomic E-state index is 12.4. The van der Waals surface area contributed by atoms with E-state index in [-0.39, 0.29) is 31.2 Å². The zero-order valence-corrected chi connectivity index (χ0v) is 15.6. The molecule has 1 rings (SSSR count). The third kappa shape index (κ3) is 7.59. The van der Waals surface area contributed by atoms with Crippen LogP contribution in [0.25, 0.3) is 0 Å². The number of hydrogen-bond donors (Lipinski definition) is 1. The van der Waals surface area contributed by atoms with E-state index in [4.69, 9.17) is 5.11 Å². The second-order valence-electron chi connectivity index (χ2n) is 5.73. The number of carboxylic acids is 1. The first-order chi connectivity index (χ1) is 11.3. The summed E-state index contributed by atoms with van der Waals surface area (Å²) in [6, 6.07) is 7.55. The van der Waals surface area contributed by atoms with Crippen LogP contribution < -0.4 is 0 Å². The summed E-state index contributed by atoms with van der Waals surface area (Å²) in [4.78, 5) is 37.8. The van der Waals surface area contributed by atoms with Gasteiger partial charge in [0.1, 0.15) is 0 Å². The molecule has 1 aromatic carbocycles. The highest BCUT2D eigenvalue weighted by atomic mass is 79.9. The molecule has 7 heteroatoms. The summed E-state index contributed by atoms with van der Waals surface area (Å²) >= 11 is 3.38. The lowest BCUT2D eigenvalue weighted by molar-refractivity contribution is -0.138. The lowest BCUT2D eigenvalue weighted by atomic mass is 10.1. The van der Waals surface area contributed by atoms with Crippen LogP contribution in [0.1, 0.15) is 31.2 Å². The van der Waals surface area contributed by atoms with Crippen molar-refractivity contribution >= 4 is 33.7 Å². The van der Waals surface area contributed by atoms with Crippen molar-refractivity contribution in [1.29, 1.82) is 0 Å². The summed E-state index contributed by atoms with van der Waals surface area (Å²) in [6.07, 6.45) is 0.893. The monoisotopic (exact) mass is 398 g/mol. The minimum Gasteiger partial charge on any atom is -0.481 e. The van der Waals surface area contributed by atoms with Crippen LogP contribution in [0.3, 0.4) is 0 Å². The molecule has 0 bridgehead atoms. The number of carbonyl (C=O) groups is 3. The van der Waals surface area contributed by atoms with E-state index in [9.17, 15) is 14.4 Å². The fourth-order valence-electron chi connectivity index (χ4n) is 2.15. The van der Waals surface area contributed by atoms with Crippen LogP contribution in [0.4, 0.5) is 0 Å². The maximum atomic E-state index is 12.4. The quantitative estimate of drug-likeness (QED) is 0.692. The molecule has 2 amide bonds. The van der Waals surface area contributed by atoms with E-state index >= 15 is 0 Å². The molecular weight excluding hydrogens is 376 g/mol. The van der Waals surface area contributed by atoms with Crippen LogP contribution in [-0.4, -0.2) is 53.3 Å². The molecular formula is C17H23BrN2O4. The molecule has 0 saturated carbocycles. The van der Waals surface area contributed by atoms with Crippen LogP contribution in [0.15, 0.2) is 28.7 Å². The lowest BCUT2D eigenvalue weighted by Crippen LogP contribution is -2.32. The van der Waals surface area contributed by atoms with Gasteiger partial charge in [-0.2, -0.15) is 0 Å². The number of aliphatic carboxylic acids is 1. The van der Waals surface area contributed by atoms with Crippen LogP contribution in [0.2, 0.25) is 0 Å². The Labute approximate surface area is 150 Å². The number of nitrogens with zero attached hydrogens (tertiary/aromatic N) is 2. The third-order valence-electron chi connectivity index (χ3n) is 3.49. The molecule has 0 spiro atoms. The Kier molecular flexibility index (Phi) is 8.46. The van der Waals surface area contributed by atoms with Crippen LogP contribution >= 0.6 is 15.9 Å². The van der Waals surface area contributed by atoms with Crippen molar-refractivity contribution in [3.63, 3.8) is 0 Å². The Hall–Kier alpha value is -1.89. The van der Waals surface area contributed by atoms with Gasteiger partial charge in [-0.25, -0.2) is 0 Å². The van der Waals surface area contributed by atoms with Crippen molar-refractivity contribution in [3.05, 3.63) is 34.3 Å². The zero-order chi connectivity index (χ0) is 18.1. The number of carboxylic acid groups (broad SMARTS) is 1. The van der Waals surface area contributed by atoms with E-state index in [0.29, 0.717) is 19.4 Å².